The maximum Gasteiger partial charge on any atom is 0.199 e. The van der Waals surface area contributed by atoms with Crippen molar-refractivity contribution in [2.45, 2.75) is 13.2 Å². The Kier molecular flexibility index (Phi) is 5.77. The van der Waals surface area contributed by atoms with Crippen LogP contribution in [0.25, 0.3) is 28.5 Å². The van der Waals surface area contributed by atoms with Crippen molar-refractivity contribution in [3.05, 3.63) is 95.6 Å². The third-order valence-corrected chi connectivity index (χ3v) is 5.94. The van der Waals surface area contributed by atoms with Crippen LogP contribution in [-0.2, 0) is 20.3 Å². The largest absolute Gasteiger partial charge is 0.461 e. The smallest absolute Gasteiger partial charge is 0.199 e. The third kappa shape index (κ3) is 4.30. The van der Waals surface area contributed by atoms with Crippen LogP contribution in [-0.4, -0.2) is 36.1 Å². The highest BCUT2D eigenvalue weighted by Gasteiger charge is 2.17. The Morgan fingerprint density at radius 2 is 1.67 bits per heavy atom. The van der Waals surface area contributed by atoms with E-state index in [0.717, 1.165) is 22.5 Å². The zero-order valence-electron chi connectivity index (χ0n) is 18.5. The summed E-state index contributed by atoms with van der Waals surface area (Å²) >= 11 is 5.62. The lowest BCUT2D eigenvalue weighted by molar-refractivity contribution is 0.244. The average Bonchev–Trinajstić information content (AvgIpc) is 3.57. The molecule has 0 saturated carbocycles. The topological polar surface area (TPSA) is 57.0 Å². The number of aromatic nitrogens is 5. The van der Waals surface area contributed by atoms with Gasteiger partial charge in [-0.25, -0.2) is 9.36 Å². The van der Waals surface area contributed by atoms with Gasteiger partial charge in [-0.3, -0.25) is 4.90 Å². The number of para-hydroxylation sites is 1. The molecule has 0 aliphatic carbocycles. The van der Waals surface area contributed by atoms with Crippen LogP contribution in [0.5, 0.6) is 0 Å². The van der Waals surface area contributed by atoms with Gasteiger partial charge in [0.25, 0.3) is 0 Å². The highest BCUT2D eigenvalue weighted by molar-refractivity contribution is 7.71. The van der Waals surface area contributed by atoms with Crippen LogP contribution in [0.3, 0.4) is 0 Å². The van der Waals surface area contributed by atoms with Crippen LogP contribution in [0.4, 0.5) is 0 Å². The van der Waals surface area contributed by atoms with E-state index in [2.05, 4.69) is 47.5 Å². The minimum absolute atomic E-state index is 0.540. The third-order valence-electron chi connectivity index (χ3n) is 5.46. The van der Waals surface area contributed by atoms with Gasteiger partial charge in [0.15, 0.2) is 16.4 Å². The van der Waals surface area contributed by atoms with E-state index in [0.29, 0.717) is 29.6 Å². The Labute approximate surface area is 197 Å². The first-order chi connectivity index (χ1) is 16.1. The average molecular weight is 457 g/mol. The molecule has 0 spiro atoms. The second-order valence-electron chi connectivity index (χ2n) is 7.95. The fraction of sp³-hybridized carbons (Fsp3) is 0.160. The van der Waals surface area contributed by atoms with E-state index in [1.165, 1.54) is 0 Å². The number of hydrogen-bond acceptors (Lipinski definition) is 5. The summed E-state index contributed by atoms with van der Waals surface area (Å²) in [6, 6.07) is 24.1. The lowest BCUT2D eigenvalue weighted by Gasteiger charge is -2.16. The van der Waals surface area contributed by atoms with Gasteiger partial charge in [-0.05, 0) is 43.5 Å². The van der Waals surface area contributed by atoms with E-state index >= 15 is 0 Å². The van der Waals surface area contributed by atoms with Crippen molar-refractivity contribution in [1.29, 1.82) is 0 Å². The SMILES string of the molecule is CN(Cc1cn(-c2ccccc2)nc1-c1ccccc1)Cn1nc(-c2ccco2)n(C)c1=S. The van der Waals surface area contributed by atoms with E-state index in [4.69, 9.17) is 21.7 Å². The highest BCUT2D eigenvalue weighted by atomic mass is 32.1. The van der Waals surface area contributed by atoms with Crippen LogP contribution in [0.15, 0.2) is 89.7 Å². The lowest BCUT2D eigenvalue weighted by Crippen LogP contribution is -2.22. The van der Waals surface area contributed by atoms with Gasteiger partial charge in [0.1, 0.15) is 0 Å². The van der Waals surface area contributed by atoms with E-state index in [1.807, 2.05) is 69.5 Å². The van der Waals surface area contributed by atoms with Gasteiger partial charge >= 0.3 is 0 Å². The van der Waals surface area contributed by atoms with Gasteiger partial charge in [-0.1, -0.05) is 48.5 Å². The molecule has 0 unspecified atom stereocenters. The van der Waals surface area contributed by atoms with Crippen molar-refractivity contribution in [3.8, 4) is 28.5 Å². The lowest BCUT2D eigenvalue weighted by atomic mass is 10.1. The molecule has 3 aromatic heterocycles. The Hall–Kier alpha value is -3.75. The highest BCUT2D eigenvalue weighted by Crippen LogP contribution is 2.25. The standard InChI is InChI=1S/C25H24N6OS/c1-28(18-31-25(33)29(2)24(27-31)22-14-9-15-32-22)16-20-17-30(21-12-7-4-8-13-21)26-23(20)19-10-5-3-6-11-19/h3-15,17H,16,18H2,1-2H3. The molecule has 0 amide bonds. The Morgan fingerprint density at radius 1 is 0.939 bits per heavy atom. The van der Waals surface area contributed by atoms with Gasteiger partial charge in [0.2, 0.25) is 0 Å². The minimum atomic E-state index is 0.540. The van der Waals surface area contributed by atoms with E-state index in [1.54, 1.807) is 6.26 Å². The zero-order valence-corrected chi connectivity index (χ0v) is 19.3. The van der Waals surface area contributed by atoms with Gasteiger partial charge in [0, 0.05) is 30.9 Å². The van der Waals surface area contributed by atoms with Crippen molar-refractivity contribution >= 4 is 12.2 Å². The zero-order chi connectivity index (χ0) is 22.8. The fourth-order valence-electron chi connectivity index (χ4n) is 3.85. The first kappa shape index (κ1) is 21.1. The molecular weight excluding hydrogens is 432 g/mol. The van der Waals surface area contributed by atoms with E-state index in [9.17, 15) is 0 Å². The molecule has 0 aliphatic heterocycles. The molecule has 0 fully saturated rings. The molecule has 0 saturated heterocycles. The quantitative estimate of drug-likeness (QED) is 0.317. The molecule has 33 heavy (non-hydrogen) atoms. The van der Waals surface area contributed by atoms with Gasteiger partial charge < -0.3 is 8.98 Å². The molecule has 5 aromatic rings. The minimum Gasteiger partial charge on any atom is -0.461 e. The molecule has 7 nitrogen and oxygen atoms in total. The number of benzene rings is 2. The summed E-state index contributed by atoms with van der Waals surface area (Å²) in [5.74, 6) is 1.40. The maximum atomic E-state index is 5.62. The van der Waals surface area contributed by atoms with Crippen LogP contribution < -0.4 is 0 Å². The molecule has 3 heterocycles. The second-order valence-corrected chi connectivity index (χ2v) is 8.31. The number of hydrogen-bond donors (Lipinski definition) is 0. The summed E-state index contributed by atoms with van der Waals surface area (Å²) in [5.41, 5.74) is 4.21. The Balaban J connectivity index is 1.44. The van der Waals surface area contributed by atoms with Gasteiger partial charge in [-0.15, -0.1) is 5.10 Å². The molecule has 0 N–H and O–H groups in total. The first-order valence-corrected chi connectivity index (χ1v) is 11.1. The molecular formula is C25H24N6OS. The Bertz CT molecular complexity index is 1400. The molecule has 0 aliphatic rings. The predicted molar refractivity (Wildman–Crippen MR) is 130 cm³/mol. The van der Waals surface area contributed by atoms with Crippen molar-refractivity contribution in [2.24, 2.45) is 7.05 Å². The van der Waals surface area contributed by atoms with Crippen molar-refractivity contribution in [1.82, 2.24) is 29.0 Å². The van der Waals surface area contributed by atoms with Gasteiger partial charge in [-0.2, -0.15) is 5.10 Å². The summed E-state index contributed by atoms with van der Waals surface area (Å²) < 4.78 is 11.8. The first-order valence-electron chi connectivity index (χ1n) is 10.7. The predicted octanol–water partition coefficient (Wildman–Crippen LogP) is 5.15. The summed E-state index contributed by atoms with van der Waals surface area (Å²) in [5, 5.41) is 9.60. The molecule has 0 radical (unpaired) electrons. The number of rotatable bonds is 7. The summed E-state index contributed by atoms with van der Waals surface area (Å²) in [7, 11) is 3.96. The van der Waals surface area contributed by atoms with Gasteiger partial charge in [0.05, 0.1) is 24.3 Å². The second kappa shape index (κ2) is 9.01. The summed E-state index contributed by atoms with van der Waals surface area (Å²) in [6.45, 7) is 1.23. The molecule has 5 rings (SSSR count). The maximum absolute atomic E-state index is 5.62. The molecule has 0 atom stereocenters. The van der Waals surface area contributed by atoms with Crippen molar-refractivity contribution < 1.29 is 4.42 Å². The van der Waals surface area contributed by atoms with E-state index in [-0.39, 0.29) is 0 Å². The molecule has 2 aromatic carbocycles. The molecule has 0 bridgehead atoms. The van der Waals surface area contributed by atoms with E-state index < -0.39 is 0 Å². The summed E-state index contributed by atoms with van der Waals surface area (Å²) in [6.07, 6.45) is 3.74. The number of nitrogens with zero attached hydrogens (tertiary/aromatic N) is 6. The molecule has 8 heteroatoms. The monoisotopic (exact) mass is 456 g/mol. The van der Waals surface area contributed by atoms with Crippen molar-refractivity contribution in [3.63, 3.8) is 0 Å². The van der Waals surface area contributed by atoms with Crippen LogP contribution >= 0.6 is 12.2 Å². The van der Waals surface area contributed by atoms with Crippen molar-refractivity contribution in [2.75, 3.05) is 7.05 Å². The fourth-order valence-corrected chi connectivity index (χ4v) is 4.03. The number of furan rings is 1. The van der Waals surface area contributed by atoms with Crippen LogP contribution in [0, 0.1) is 4.77 Å². The van der Waals surface area contributed by atoms with Crippen LogP contribution in [0.1, 0.15) is 5.56 Å². The Morgan fingerprint density at radius 3 is 2.36 bits per heavy atom. The summed E-state index contributed by atoms with van der Waals surface area (Å²) in [4.78, 5) is 2.17. The molecule has 166 valence electrons. The normalized spacial score (nSPS) is 11.4. The van der Waals surface area contributed by atoms with Crippen LogP contribution in [0.2, 0.25) is 0 Å².